The first-order valence-corrected chi connectivity index (χ1v) is 17.1. The third kappa shape index (κ3) is 13.0. The van der Waals surface area contributed by atoms with E-state index < -0.39 is 48.5 Å². The Kier molecular flexibility index (Phi) is 16.7. The van der Waals surface area contributed by atoms with Gasteiger partial charge in [0.2, 0.25) is 0 Å². The molecule has 0 aliphatic heterocycles. The van der Waals surface area contributed by atoms with E-state index in [1.54, 1.807) is 0 Å². The number of aliphatic hydroxyl groups is 3. The summed E-state index contributed by atoms with van der Waals surface area (Å²) in [6.07, 6.45) is -0.790. The van der Waals surface area contributed by atoms with Gasteiger partial charge in [-0.3, -0.25) is 0 Å². The highest BCUT2D eigenvalue weighted by Crippen LogP contribution is 2.49. The smallest absolute Gasteiger partial charge is 0.324 e. The van der Waals surface area contributed by atoms with Crippen molar-refractivity contribution in [3.63, 3.8) is 0 Å². The number of hydrogen-bond acceptors (Lipinski definition) is 10. The van der Waals surface area contributed by atoms with Crippen LogP contribution >= 0.6 is 17.2 Å². The minimum Gasteiger partial charge on any atom is -0.484 e. The summed E-state index contributed by atoms with van der Waals surface area (Å²) in [7, 11) is -5.24. The lowest BCUT2D eigenvalue weighted by Crippen LogP contribution is -2.45. The van der Waals surface area contributed by atoms with Crippen LogP contribution in [0.15, 0.2) is 36.4 Å². The number of benzene rings is 2. The highest BCUT2D eigenvalue weighted by atomic mass is 31.2. The molecule has 0 aliphatic carbocycles. The van der Waals surface area contributed by atoms with Crippen LogP contribution in [0.2, 0.25) is 0 Å². The molecular weight excluding hydrogens is 618 g/mol. The van der Waals surface area contributed by atoms with Crippen LogP contribution in [-0.2, 0) is 21.7 Å². The van der Waals surface area contributed by atoms with E-state index in [0.717, 1.165) is 33.6 Å². The number of para-hydroxylation sites is 1. The SMILES string of the molecule is CC(C)(C)c1cccc(C(C)(C)C)c1OC(c1c(C(C)(C)C)cccc1C(C)(C)C)C(CO)(CO)CO.OP(O)O.OP(O)O. The molecule has 0 aliphatic rings. The molecule has 0 amide bonds. The second-order valence-corrected chi connectivity index (χ2v) is 16.4. The summed E-state index contributed by atoms with van der Waals surface area (Å²) < 4.78 is 7.15. The van der Waals surface area contributed by atoms with E-state index in [0.29, 0.717) is 0 Å². The highest BCUT2D eigenvalue weighted by molar-refractivity contribution is 7.38. The minimum atomic E-state index is -2.62. The average Bonchev–Trinajstić information content (AvgIpc) is 2.86. The van der Waals surface area contributed by atoms with Crippen LogP contribution in [0.25, 0.3) is 0 Å². The van der Waals surface area contributed by atoms with Crippen molar-refractivity contribution in [2.24, 2.45) is 5.41 Å². The normalized spacial score (nSPS) is 13.6. The van der Waals surface area contributed by atoms with Crippen LogP contribution in [0, 0.1) is 5.41 Å². The van der Waals surface area contributed by atoms with Crippen molar-refractivity contribution < 1.29 is 49.4 Å². The van der Waals surface area contributed by atoms with Gasteiger partial charge in [0.05, 0.1) is 25.2 Å². The third-order valence-corrected chi connectivity index (χ3v) is 7.35. The molecule has 1 unspecified atom stereocenters. The van der Waals surface area contributed by atoms with E-state index in [9.17, 15) is 15.3 Å². The maximum Gasteiger partial charge on any atom is 0.324 e. The van der Waals surface area contributed by atoms with Crippen LogP contribution < -0.4 is 4.74 Å². The van der Waals surface area contributed by atoms with Gasteiger partial charge < -0.3 is 49.4 Å². The van der Waals surface area contributed by atoms with Crippen molar-refractivity contribution in [1.82, 2.24) is 0 Å². The van der Waals surface area contributed by atoms with Crippen LogP contribution in [-0.4, -0.2) is 64.5 Å². The molecule has 260 valence electrons. The van der Waals surface area contributed by atoms with E-state index in [1.807, 2.05) is 0 Å². The van der Waals surface area contributed by atoms with Crippen LogP contribution in [0.4, 0.5) is 0 Å². The van der Waals surface area contributed by atoms with Crippen molar-refractivity contribution in [2.75, 3.05) is 19.8 Å². The minimum absolute atomic E-state index is 0.210. The van der Waals surface area contributed by atoms with E-state index in [2.05, 4.69) is 119 Å². The van der Waals surface area contributed by atoms with Crippen LogP contribution in [0.1, 0.15) is 117 Å². The summed E-state index contributed by atoms with van der Waals surface area (Å²) >= 11 is 0. The molecule has 0 fully saturated rings. The number of ether oxygens (including phenoxy) is 1. The van der Waals surface area contributed by atoms with Gasteiger partial charge in [0.25, 0.3) is 0 Å². The lowest BCUT2D eigenvalue weighted by molar-refractivity contribution is -0.0761. The van der Waals surface area contributed by atoms with Crippen molar-refractivity contribution in [3.8, 4) is 5.75 Å². The van der Waals surface area contributed by atoms with Crippen LogP contribution in [0.5, 0.6) is 5.75 Å². The van der Waals surface area contributed by atoms with Gasteiger partial charge in [0, 0.05) is 5.56 Å². The first-order chi connectivity index (χ1) is 20.2. The maximum atomic E-state index is 10.7. The first-order valence-electron chi connectivity index (χ1n) is 14.7. The first kappa shape index (κ1) is 43.7. The van der Waals surface area contributed by atoms with Gasteiger partial charge in [-0.15, -0.1) is 0 Å². The van der Waals surface area contributed by atoms with Gasteiger partial charge in [-0.1, -0.05) is 119 Å². The molecular formula is C33H58O10P2. The molecule has 0 heterocycles. The van der Waals surface area contributed by atoms with Crippen LogP contribution in [0.3, 0.4) is 0 Å². The number of hydrogen-bond donors (Lipinski definition) is 9. The third-order valence-electron chi connectivity index (χ3n) is 7.35. The van der Waals surface area contributed by atoms with E-state index >= 15 is 0 Å². The summed E-state index contributed by atoms with van der Waals surface area (Å²) in [5.41, 5.74) is 3.00. The van der Waals surface area contributed by atoms with Gasteiger partial charge in [-0.25, -0.2) is 0 Å². The Hall–Kier alpha value is -1.26. The largest absolute Gasteiger partial charge is 0.484 e. The summed E-state index contributed by atoms with van der Waals surface area (Å²) in [5, 5.41) is 32.2. The quantitative estimate of drug-likeness (QED) is 0.173. The fraction of sp³-hybridized carbons (Fsp3) is 0.636. The molecule has 12 heteroatoms. The lowest BCUT2D eigenvalue weighted by atomic mass is 9.69. The molecule has 0 bridgehead atoms. The molecule has 2 aromatic rings. The Labute approximate surface area is 272 Å². The van der Waals surface area contributed by atoms with Crippen molar-refractivity contribution in [3.05, 3.63) is 64.2 Å². The zero-order chi connectivity index (χ0) is 35.8. The molecule has 0 saturated carbocycles. The fourth-order valence-corrected chi connectivity index (χ4v) is 5.01. The topological polar surface area (TPSA) is 191 Å². The van der Waals surface area contributed by atoms with E-state index in [4.69, 9.17) is 34.1 Å². The zero-order valence-electron chi connectivity index (χ0n) is 29.0. The predicted octanol–water partition coefficient (Wildman–Crippen LogP) is 5.34. The monoisotopic (exact) mass is 676 g/mol. The Bertz CT molecular complexity index is 1090. The molecule has 9 N–H and O–H groups in total. The van der Waals surface area contributed by atoms with Gasteiger partial charge in [0.1, 0.15) is 11.9 Å². The molecule has 2 rings (SSSR count). The second kappa shape index (κ2) is 17.2. The molecule has 0 radical (unpaired) electrons. The van der Waals surface area contributed by atoms with Gasteiger partial charge in [-0.05, 0) is 43.9 Å². The molecule has 0 aromatic heterocycles. The molecule has 45 heavy (non-hydrogen) atoms. The molecule has 0 spiro atoms. The molecule has 0 saturated heterocycles. The van der Waals surface area contributed by atoms with E-state index in [-0.39, 0.29) is 21.7 Å². The predicted molar refractivity (Wildman–Crippen MR) is 182 cm³/mol. The zero-order valence-corrected chi connectivity index (χ0v) is 30.8. The Morgan fingerprint density at radius 1 is 0.511 bits per heavy atom. The van der Waals surface area contributed by atoms with Crippen molar-refractivity contribution >= 4 is 17.2 Å². The second-order valence-electron chi connectivity index (χ2n) is 15.3. The highest BCUT2D eigenvalue weighted by Gasteiger charge is 2.46. The average molecular weight is 677 g/mol. The maximum absolute atomic E-state index is 10.7. The van der Waals surface area contributed by atoms with Gasteiger partial charge in [-0.2, -0.15) is 0 Å². The standard InChI is InChI=1S/C33H52O4.2H3O3P/c1-29(2,3)22-15-13-16-23(30(4,5)6)26(22)28(33(19-34,20-35)21-36)37-27-24(31(7,8)9)17-14-18-25(27)32(10,11)12;2*1-4(2)3/h13-18,28,34-36H,19-21H2,1-12H3;2*1-3H. The fourth-order valence-electron chi connectivity index (χ4n) is 5.01. The summed E-state index contributed by atoms with van der Waals surface area (Å²) in [6, 6.07) is 12.6. The summed E-state index contributed by atoms with van der Waals surface area (Å²) in [4.78, 5) is 43.4. The summed E-state index contributed by atoms with van der Waals surface area (Å²) in [5.74, 6) is 0.760. The Morgan fingerprint density at radius 2 is 0.756 bits per heavy atom. The van der Waals surface area contributed by atoms with E-state index in [1.165, 1.54) is 0 Å². The molecule has 1 atom stereocenters. The number of aliphatic hydroxyl groups excluding tert-OH is 3. The molecule has 2 aromatic carbocycles. The molecule has 10 nitrogen and oxygen atoms in total. The van der Waals surface area contributed by atoms with Crippen molar-refractivity contribution in [1.29, 1.82) is 0 Å². The Morgan fingerprint density at radius 3 is 0.978 bits per heavy atom. The van der Waals surface area contributed by atoms with Gasteiger partial charge >= 0.3 is 17.2 Å². The van der Waals surface area contributed by atoms with Gasteiger partial charge in [0.15, 0.2) is 0 Å². The lowest BCUT2D eigenvalue weighted by Gasteiger charge is -2.43. The Balaban J connectivity index is 0.00000215. The van der Waals surface area contributed by atoms with Crippen molar-refractivity contribution in [2.45, 2.75) is 111 Å². The number of rotatable bonds is 7. The summed E-state index contributed by atoms with van der Waals surface area (Å²) in [6.45, 7) is 24.7.